The molecule has 0 spiro atoms. The average molecular weight is 298 g/mol. The topological polar surface area (TPSA) is 35.8 Å². The van der Waals surface area contributed by atoms with E-state index in [9.17, 15) is 0 Å². The summed E-state index contributed by atoms with van der Waals surface area (Å²) in [7, 11) is 0. The zero-order chi connectivity index (χ0) is 15.9. The van der Waals surface area contributed by atoms with Gasteiger partial charge in [0.05, 0.1) is 5.69 Å². The summed E-state index contributed by atoms with van der Waals surface area (Å²) in [5.74, 6) is 0. The van der Waals surface area contributed by atoms with E-state index in [1.807, 2.05) is 36.4 Å². The molecule has 2 heteroatoms. The highest BCUT2D eigenvalue weighted by Gasteiger charge is 2.10. The molecule has 0 aliphatic rings. The minimum Gasteiger partial charge on any atom is -0.293 e. The van der Waals surface area contributed by atoms with Gasteiger partial charge < -0.3 is 0 Å². The third-order valence-electron chi connectivity index (χ3n) is 3.92. The summed E-state index contributed by atoms with van der Waals surface area (Å²) in [4.78, 5) is 0. The lowest BCUT2D eigenvalue weighted by Gasteiger charge is -2.14. The van der Waals surface area contributed by atoms with Gasteiger partial charge in [0.2, 0.25) is 0 Å². The van der Waals surface area contributed by atoms with Crippen molar-refractivity contribution >= 4 is 5.69 Å². The van der Waals surface area contributed by atoms with Crippen molar-refractivity contribution in [1.82, 2.24) is 0 Å². The molecular weight excluding hydrogens is 280 g/mol. The molecule has 0 saturated carbocycles. The van der Waals surface area contributed by atoms with Gasteiger partial charge >= 0.3 is 0 Å². The number of nitrogens with one attached hydrogen (secondary N) is 1. The Morgan fingerprint density at radius 1 is 0.696 bits per heavy atom. The summed E-state index contributed by atoms with van der Waals surface area (Å²) in [6, 6.07) is 26.9. The molecule has 0 saturated heterocycles. The normalized spacial score (nSPS) is 10.0. The van der Waals surface area contributed by atoms with Gasteiger partial charge in [-0.1, -0.05) is 72.8 Å². The quantitative estimate of drug-likeness (QED) is 0.544. The highest BCUT2D eigenvalue weighted by molar-refractivity contribution is 5.59. The van der Waals surface area contributed by atoms with Crippen LogP contribution in [0.15, 0.2) is 78.9 Å². The van der Waals surface area contributed by atoms with Crippen LogP contribution in [0, 0.1) is 11.5 Å². The van der Waals surface area contributed by atoms with Crippen molar-refractivity contribution in [3.05, 3.63) is 101 Å². The highest BCUT2D eigenvalue weighted by Crippen LogP contribution is 2.25. The maximum atomic E-state index is 9.03. The summed E-state index contributed by atoms with van der Waals surface area (Å²) < 4.78 is 0. The van der Waals surface area contributed by atoms with E-state index in [4.69, 9.17) is 5.26 Å². The molecule has 0 aliphatic heterocycles. The minimum absolute atomic E-state index is 0.813. The maximum Gasteiger partial charge on any atom is 0.181 e. The molecular formula is C21H18N2. The molecule has 112 valence electrons. The Bertz CT molecular complexity index is 802. The van der Waals surface area contributed by atoms with Crippen molar-refractivity contribution in [2.45, 2.75) is 12.8 Å². The fourth-order valence-corrected chi connectivity index (χ4v) is 2.80. The van der Waals surface area contributed by atoms with Gasteiger partial charge in [0, 0.05) is 0 Å². The van der Waals surface area contributed by atoms with Gasteiger partial charge in [-0.15, -0.1) is 0 Å². The third kappa shape index (κ3) is 3.78. The van der Waals surface area contributed by atoms with Crippen molar-refractivity contribution in [3.8, 4) is 6.19 Å². The summed E-state index contributed by atoms with van der Waals surface area (Å²) in [6.45, 7) is 0. The molecule has 0 unspecified atom stereocenters. The average Bonchev–Trinajstić information content (AvgIpc) is 2.60. The zero-order valence-electron chi connectivity index (χ0n) is 12.9. The molecule has 0 atom stereocenters. The number of hydrogen-bond donors (Lipinski definition) is 1. The van der Waals surface area contributed by atoms with Crippen LogP contribution >= 0.6 is 0 Å². The second kappa shape index (κ2) is 7.29. The molecule has 23 heavy (non-hydrogen) atoms. The Morgan fingerprint density at radius 2 is 1.30 bits per heavy atom. The smallest absolute Gasteiger partial charge is 0.181 e. The molecule has 0 bridgehead atoms. The predicted octanol–water partition coefficient (Wildman–Crippen LogP) is 4.76. The largest absolute Gasteiger partial charge is 0.293 e. The van der Waals surface area contributed by atoms with Crippen LogP contribution in [0.1, 0.15) is 22.3 Å². The first kappa shape index (κ1) is 14.9. The van der Waals surface area contributed by atoms with Gasteiger partial charge in [0.1, 0.15) is 0 Å². The molecule has 0 aliphatic carbocycles. The Hall–Kier alpha value is -3.05. The van der Waals surface area contributed by atoms with Gasteiger partial charge in [0.25, 0.3) is 0 Å². The molecule has 0 fully saturated rings. The maximum absolute atomic E-state index is 9.03. The second-order valence-electron chi connectivity index (χ2n) is 5.50. The standard InChI is InChI=1S/C21H18N2/c22-16-23-21-13-7-12-19(14-17-8-3-1-4-9-17)20(21)15-18-10-5-2-6-11-18/h1-13,23H,14-15H2. The zero-order valence-corrected chi connectivity index (χ0v) is 12.9. The van der Waals surface area contributed by atoms with Crippen LogP contribution in [0.5, 0.6) is 0 Å². The number of hydrogen-bond acceptors (Lipinski definition) is 2. The molecule has 3 aromatic carbocycles. The lowest BCUT2D eigenvalue weighted by molar-refractivity contribution is 1.09. The first-order chi connectivity index (χ1) is 11.4. The van der Waals surface area contributed by atoms with Gasteiger partial charge in [-0.25, -0.2) is 0 Å². The van der Waals surface area contributed by atoms with Crippen molar-refractivity contribution < 1.29 is 0 Å². The van der Waals surface area contributed by atoms with E-state index in [2.05, 4.69) is 54.0 Å². The number of anilines is 1. The van der Waals surface area contributed by atoms with Gasteiger partial charge in [-0.05, 0) is 41.2 Å². The summed E-state index contributed by atoms with van der Waals surface area (Å²) in [5, 5.41) is 11.9. The Balaban J connectivity index is 1.98. The molecule has 3 rings (SSSR count). The monoisotopic (exact) mass is 298 g/mol. The summed E-state index contributed by atoms with van der Waals surface area (Å²) in [6.07, 6.45) is 3.73. The lowest BCUT2D eigenvalue weighted by atomic mass is 9.94. The molecule has 0 amide bonds. The molecule has 2 nitrogen and oxygen atoms in total. The van der Waals surface area contributed by atoms with E-state index in [0.29, 0.717) is 0 Å². The van der Waals surface area contributed by atoms with E-state index >= 15 is 0 Å². The lowest BCUT2D eigenvalue weighted by Crippen LogP contribution is -2.02. The summed E-state index contributed by atoms with van der Waals surface area (Å²) >= 11 is 0. The van der Waals surface area contributed by atoms with Crippen LogP contribution in [-0.2, 0) is 12.8 Å². The van der Waals surface area contributed by atoms with Crippen LogP contribution in [0.2, 0.25) is 0 Å². The van der Waals surface area contributed by atoms with Crippen LogP contribution in [0.4, 0.5) is 5.69 Å². The van der Waals surface area contributed by atoms with Crippen molar-refractivity contribution in [2.75, 3.05) is 5.32 Å². The van der Waals surface area contributed by atoms with Crippen molar-refractivity contribution in [1.29, 1.82) is 5.26 Å². The van der Waals surface area contributed by atoms with E-state index < -0.39 is 0 Å². The molecule has 1 N–H and O–H groups in total. The van der Waals surface area contributed by atoms with E-state index in [1.54, 1.807) is 0 Å². The summed E-state index contributed by atoms with van der Waals surface area (Å²) in [5.41, 5.74) is 5.85. The van der Waals surface area contributed by atoms with Crippen LogP contribution in [0.25, 0.3) is 0 Å². The number of nitrogens with zero attached hydrogens (tertiary/aromatic N) is 1. The molecule has 0 heterocycles. The fourth-order valence-electron chi connectivity index (χ4n) is 2.80. The van der Waals surface area contributed by atoms with Crippen LogP contribution < -0.4 is 5.32 Å². The van der Waals surface area contributed by atoms with E-state index in [-0.39, 0.29) is 0 Å². The van der Waals surface area contributed by atoms with Gasteiger partial charge in [-0.3, -0.25) is 5.32 Å². The molecule has 3 aromatic rings. The second-order valence-corrected chi connectivity index (χ2v) is 5.50. The van der Waals surface area contributed by atoms with Crippen LogP contribution in [-0.4, -0.2) is 0 Å². The Labute approximate surface area is 137 Å². The fraction of sp³-hybridized carbons (Fsp3) is 0.0952. The number of rotatable bonds is 5. The molecule has 0 aromatic heterocycles. The SMILES string of the molecule is N#CNc1cccc(Cc2ccccc2)c1Cc1ccccc1. The van der Waals surface area contributed by atoms with E-state index in [1.165, 1.54) is 22.3 Å². The predicted molar refractivity (Wildman–Crippen MR) is 94.2 cm³/mol. The van der Waals surface area contributed by atoms with Crippen molar-refractivity contribution in [2.24, 2.45) is 0 Å². The first-order valence-electron chi connectivity index (χ1n) is 7.70. The minimum atomic E-state index is 0.813. The first-order valence-corrected chi connectivity index (χ1v) is 7.70. The molecule has 0 radical (unpaired) electrons. The number of nitriles is 1. The third-order valence-corrected chi connectivity index (χ3v) is 3.92. The van der Waals surface area contributed by atoms with Gasteiger partial charge in [0.15, 0.2) is 6.19 Å². The Kier molecular flexibility index (Phi) is 4.71. The number of benzene rings is 3. The highest BCUT2D eigenvalue weighted by atomic mass is 14.9. The van der Waals surface area contributed by atoms with Crippen molar-refractivity contribution in [3.63, 3.8) is 0 Å². The Morgan fingerprint density at radius 3 is 1.91 bits per heavy atom. The van der Waals surface area contributed by atoms with Gasteiger partial charge in [-0.2, -0.15) is 5.26 Å². The van der Waals surface area contributed by atoms with E-state index in [0.717, 1.165) is 18.5 Å². The van der Waals surface area contributed by atoms with Crippen LogP contribution in [0.3, 0.4) is 0 Å².